The van der Waals surface area contributed by atoms with Crippen LogP contribution < -0.4 is 10.6 Å². The fourth-order valence-electron chi connectivity index (χ4n) is 4.65. The highest BCUT2D eigenvalue weighted by Gasteiger charge is 2.24. The third kappa shape index (κ3) is 5.31. The second-order valence-corrected chi connectivity index (χ2v) is 8.87. The van der Waals surface area contributed by atoms with Crippen LogP contribution in [0.3, 0.4) is 0 Å². The number of imidazole rings is 1. The lowest BCUT2D eigenvalue weighted by atomic mass is 10.1. The number of rotatable bonds is 8. The molecule has 4 aromatic rings. The van der Waals surface area contributed by atoms with Crippen molar-refractivity contribution < 1.29 is 9.21 Å². The first-order chi connectivity index (χ1) is 16.8. The minimum Gasteiger partial charge on any atom is -0.468 e. The van der Waals surface area contributed by atoms with E-state index in [0.29, 0.717) is 13.1 Å². The molecule has 1 unspecified atom stereocenters. The maximum absolute atomic E-state index is 12.5. The number of hydrogen-bond donors (Lipinski definition) is 2. The summed E-state index contributed by atoms with van der Waals surface area (Å²) in [5, 5.41) is 6.01. The highest BCUT2D eigenvalue weighted by atomic mass is 16.3. The number of fused-ring (bicyclic) bond motifs is 1. The van der Waals surface area contributed by atoms with Crippen molar-refractivity contribution in [3.8, 4) is 0 Å². The molecule has 7 heteroatoms. The number of piperidine rings is 1. The lowest BCUT2D eigenvalue weighted by molar-refractivity contribution is 0.143. The molecule has 1 atom stereocenters. The van der Waals surface area contributed by atoms with Crippen LogP contribution in [0.5, 0.6) is 0 Å². The Hall–Kier alpha value is -3.58. The zero-order valence-electron chi connectivity index (χ0n) is 19.3. The summed E-state index contributed by atoms with van der Waals surface area (Å²) >= 11 is 0. The van der Waals surface area contributed by atoms with Gasteiger partial charge in [-0.15, -0.1) is 0 Å². The molecular weight excluding hydrogens is 426 g/mol. The van der Waals surface area contributed by atoms with E-state index in [-0.39, 0.29) is 12.1 Å². The summed E-state index contributed by atoms with van der Waals surface area (Å²) in [4.78, 5) is 19.4. The molecule has 2 aromatic carbocycles. The van der Waals surface area contributed by atoms with Crippen LogP contribution in [0.15, 0.2) is 77.7 Å². The van der Waals surface area contributed by atoms with Crippen molar-refractivity contribution in [2.75, 3.05) is 19.6 Å². The molecular formula is C27H31N5O2. The summed E-state index contributed by atoms with van der Waals surface area (Å²) in [5.41, 5.74) is 4.39. The average molecular weight is 458 g/mol. The first-order valence-corrected chi connectivity index (χ1v) is 12.0. The molecule has 1 aliphatic rings. The van der Waals surface area contributed by atoms with Gasteiger partial charge >= 0.3 is 6.03 Å². The summed E-state index contributed by atoms with van der Waals surface area (Å²) in [6, 6.07) is 20.3. The smallest absolute Gasteiger partial charge is 0.315 e. The second-order valence-electron chi connectivity index (χ2n) is 8.87. The predicted molar refractivity (Wildman–Crippen MR) is 132 cm³/mol. The van der Waals surface area contributed by atoms with Gasteiger partial charge in [-0.1, -0.05) is 42.8 Å². The van der Waals surface area contributed by atoms with Crippen LogP contribution in [-0.4, -0.2) is 40.1 Å². The van der Waals surface area contributed by atoms with E-state index in [1.807, 2.05) is 36.7 Å². The molecule has 1 saturated heterocycles. The minimum atomic E-state index is -0.164. The van der Waals surface area contributed by atoms with Crippen LogP contribution in [-0.2, 0) is 13.1 Å². The summed E-state index contributed by atoms with van der Waals surface area (Å²) in [6.45, 7) is 3.84. The Kier molecular flexibility index (Phi) is 6.91. The van der Waals surface area contributed by atoms with Crippen molar-refractivity contribution in [2.45, 2.75) is 38.4 Å². The largest absolute Gasteiger partial charge is 0.468 e. The number of nitrogens with one attached hydrogen (secondary N) is 2. The zero-order chi connectivity index (χ0) is 23.2. The van der Waals surface area contributed by atoms with Gasteiger partial charge in [0.25, 0.3) is 0 Å². The first kappa shape index (κ1) is 22.2. The Morgan fingerprint density at radius 2 is 1.74 bits per heavy atom. The van der Waals surface area contributed by atoms with Crippen molar-refractivity contribution in [1.29, 1.82) is 0 Å². The van der Waals surface area contributed by atoms with Gasteiger partial charge in [-0.2, -0.15) is 0 Å². The maximum Gasteiger partial charge on any atom is 0.315 e. The SMILES string of the molecule is O=C(NCc1ccc(Cn2cnc3ccccc32)cc1)NCC(c1ccco1)N1CCCCC1. The molecule has 1 fully saturated rings. The first-order valence-electron chi connectivity index (χ1n) is 12.0. The molecule has 3 heterocycles. The lowest BCUT2D eigenvalue weighted by Crippen LogP contribution is -2.43. The van der Waals surface area contributed by atoms with Crippen LogP contribution >= 0.6 is 0 Å². The highest BCUT2D eigenvalue weighted by Crippen LogP contribution is 2.24. The van der Waals surface area contributed by atoms with Crippen LogP contribution in [0.1, 0.15) is 42.2 Å². The molecule has 0 bridgehead atoms. The topological polar surface area (TPSA) is 75.3 Å². The summed E-state index contributed by atoms with van der Waals surface area (Å²) in [7, 11) is 0. The van der Waals surface area contributed by atoms with Crippen LogP contribution in [0.4, 0.5) is 4.79 Å². The van der Waals surface area contributed by atoms with Crippen molar-refractivity contribution in [3.63, 3.8) is 0 Å². The van der Waals surface area contributed by atoms with Crippen LogP contribution in [0, 0.1) is 0 Å². The van der Waals surface area contributed by atoms with Gasteiger partial charge in [-0.3, -0.25) is 4.90 Å². The van der Waals surface area contributed by atoms with Gasteiger partial charge in [-0.05, 0) is 61.3 Å². The molecule has 176 valence electrons. The van der Waals surface area contributed by atoms with Crippen LogP contribution in [0.25, 0.3) is 11.0 Å². The van der Waals surface area contributed by atoms with Crippen molar-refractivity contribution in [1.82, 2.24) is 25.1 Å². The molecule has 2 N–H and O–H groups in total. The van der Waals surface area contributed by atoms with Crippen molar-refractivity contribution in [2.24, 2.45) is 0 Å². The Bertz CT molecular complexity index is 1190. The lowest BCUT2D eigenvalue weighted by Gasteiger charge is -2.33. The van der Waals surface area contributed by atoms with Gasteiger partial charge in [0, 0.05) is 19.6 Å². The normalized spacial score (nSPS) is 15.3. The molecule has 0 saturated carbocycles. The highest BCUT2D eigenvalue weighted by molar-refractivity contribution is 5.75. The summed E-state index contributed by atoms with van der Waals surface area (Å²) < 4.78 is 7.81. The molecule has 34 heavy (non-hydrogen) atoms. The fraction of sp³-hybridized carbons (Fsp3) is 0.333. The van der Waals surface area contributed by atoms with E-state index in [4.69, 9.17) is 4.42 Å². The van der Waals surface area contributed by atoms with Gasteiger partial charge in [0.15, 0.2) is 0 Å². The van der Waals surface area contributed by atoms with E-state index in [9.17, 15) is 4.79 Å². The zero-order valence-corrected chi connectivity index (χ0v) is 19.3. The predicted octanol–water partition coefficient (Wildman–Crippen LogP) is 4.70. The van der Waals surface area contributed by atoms with Gasteiger partial charge in [0.1, 0.15) is 5.76 Å². The summed E-state index contributed by atoms with van der Waals surface area (Å²) in [5.74, 6) is 0.906. The molecule has 1 aliphatic heterocycles. The molecule has 0 aliphatic carbocycles. The van der Waals surface area contributed by atoms with Gasteiger partial charge in [0.2, 0.25) is 0 Å². The molecule has 2 aromatic heterocycles. The van der Waals surface area contributed by atoms with Gasteiger partial charge in [0.05, 0.1) is 29.7 Å². The quantitative estimate of drug-likeness (QED) is 0.402. The van der Waals surface area contributed by atoms with E-state index >= 15 is 0 Å². The average Bonchev–Trinajstić information content (AvgIpc) is 3.55. The maximum atomic E-state index is 12.5. The minimum absolute atomic E-state index is 0.0691. The van der Waals surface area contributed by atoms with E-state index < -0.39 is 0 Å². The fourth-order valence-corrected chi connectivity index (χ4v) is 4.65. The standard InChI is InChI=1S/C27H31N5O2/c33-27(29-18-25(26-9-6-16-34-26)31-14-4-1-5-15-31)28-17-21-10-12-22(13-11-21)19-32-20-30-23-7-2-3-8-24(23)32/h2-3,6-13,16,20,25H,1,4-5,14-15,17-19H2,(H2,28,29,33). The number of amides is 2. The number of furan rings is 1. The number of benzene rings is 2. The van der Waals surface area contributed by atoms with Crippen molar-refractivity contribution in [3.05, 3.63) is 90.1 Å². The second kappa shape index (κ2) is 10.6. The Balaban J connectivity index is 1.12. The number of aromatic nitrogens is 2. The number of hydrogen-bond acceptors (Lipinski definition) is 4. The van der Waals surface area contributed by atoms with Gasteiger partial charge < -0.3 is 19.6 Å². The number of likely N-dealkylation sites (tertiary alicyclic amines) is 1. The summed E-state index contributed by atoms with van der Waals surface area (Å²) in [6.07, 6.45) is 7.23. The van der Waals surface area contributed by atoms with Crippen molar-refractivity contribution >= 4 is 17.1 Å². The molecule has 0 radical (unpaired) electrons. The van der Waals surface area contributed by atoms with Gasteiger partial charge in [-0.25, -0.2) is 9.78 Å². The van der Waals surface area contributed by atoms with E-state index in [1.165, 1.54) is 24.8 Å². The molecule has 2 amide bonds. The molecule has 0 spiro atoms. The van der Waals surface area contributed by atoms with E-state index in [0.717, 1.165) is 42.0 Å². The molecule has 5 rings (SSSR count). The number of carbonyl (C=O) groups is 1. The number of nitrogens with zero attached hydrogens (tertiary/aromatic N) is 3. The van der Waals surface area contributed by atoms with E-state index in [2.05, 4.69) is 55.4 Å². The third-order valence-electron chi connectivity index (χ3n) is 6.52. The number of urea groups is 1. The van der Waals surface area contributed by atoms with Crippen LogP contribution in [0.2, 0.25) is 0 Å². The third-order valence-corrected chi connectivity index (χ3v) is 6.52. The number of para-hydroxylation sites is 2. The molecule has 7 nitrogen and oxygen atoms in total. The Morgan fingerprint density at radius 1 is 0.941 bits per heavy atom. The Morgan fingerprint density at radius 3 is 2.53 bits per heavy atom. The van der Waals surface area contributed by atoms with E-state index in [1.54, 1.807) is 6.26 Å². The number of carbonyl (C=O) groups excluding carboxylic acids is 1. The Labute approximate surface area is 199 Å². The monoisotopic (exact) mass is 457 g/mol.